The number of fused-ring (bicyclic) bond motifs is 4. The van der Waals surface area contributed by atoms with Crippen molar-refractivity contribution in [2.75, 3.05) is 19.6 Å². The minimum atomic E-state index is -0.169. The van der Waals surface area contributed by atoms with Crippen molar-refractivity contribution in [3.63, 3.8) is 0 Å². The summed E-state index contributed by atoms with van der Waals surface area (Å²) in [6, 6.07) is 8.62. The molecule has 7 nitrogen and oxygen atoms in total. The molecule has 1 aliphatic heterocycles. The average molecular weight is 432 g/mol. The summed E-state index contributed by atoms with van der Waals surface area (Å²) in [6.45, 7) is 7.75. The van der Waals surface area contributed by atoms with Gasteiger partial charge in [0.05, 0.1) is 17.5 Å². The van der Waals surface area contributed by atoms with Crippen LogP contribution in [0.1, 0.15) is 64.2 Å². The van der Waals surface area contributed by atoms with Crippen LogP contribution in [-0.2, 0) is 19.4 Å². The summed E-state index contributed by atoms with van der Waals surface area (Å²) in [7, 11) is 0. The Balaban J connectivity index is 1.21. The Morgan fingerprint density at radius 3 is 2.81 bits per heavy atom. The van der Waals surface area contributed by atoms with E-state index >= 15 is 0 Å². The summed E-state index contributed by atoms with van der Waals surface area (Å²) in [4.78, 5) is 32.2. The minimum absolute atomic E-state index is 0.0903. The van der Waals surface area contributed by atoms with E-state index in [-0.39, 0.29) is 17.1 Å². The molecule has 32 heavy (non-hydrogen) atoms. The number of aromatic nitrogens is 3. The summed E-state index contributed by atoms with van der Waals surface area (Å²) in [5.41, 5.74) is 5.17. The van der Waals surface area contributed by atoms with E-state index in [1.165, 1.54) is 11.1 Å². The predicted molar refractivity (Wildman–Crippen MR) is 122 cm³/mol. The van der Waals surface area contributed by atoms with Gasteiger partial charge in [-0.05, 0) is 35.8 Å². The van der Waals surface area contributed by atoms with Gasteiger partial charge < -0.3 is 5.32 Å². The lowest BCUT2D eigenvalue weighted by Gasteiger charge is -2.29. The molecular weight excluding hydrogens is 402 g/mol. The molecule has 0 radical (unpaired) electrons. The maximum Gasteiger partial charge on any atom is 0.256 e. The van der Waals surface area contributed by atoms with Crippen LogP contribution in [0.15, 0.2) is 36.7 Å². The Kier molecular flexibility index (Phi) is 5.29. The van der Waals surface area contributed by atoms with E-state index in [0.29, 0.717) is 29.7 Å². The smallest absolute Gasteiger partial charge is 0.256 e. The number of carbonyl (C=O) groups is 2. The Morgan fingerprint density at radius 2 is 1.97 bits per heavy atom. The van der Waals surface area contributed by atoms with Crippen molar-refractivity contribution in [3.05, 3.63) is 64.6 Å². The molecule has 1 aliphatic carbocycles. The molecule has 0 fully saturated rings. The Hall–Kier alpha value is -3.06. The molecule has 0 saturated heterocycles. The molecule has 3 aromatic rings. The molecule has 1 N–H and O–H groups in total. The predicted octanol–water partition coefficient (Wildman–Crippen LogP) is 3.06. The number of carbonyl (C=O) groups excluding carboxylic acids is 2. The lowest BCUT2D eigenvalue weighted by Crippen LogP contribution is -2.33. The minimum Gasteiger partial charge on any atom is -0.352 e. The van der Waals surface area contributed by atoms with Crippen LogP contribution in [0.5, 0.6) is 0 Å². The SMILES string of the molecule is CC1(C)CC(=O)c2cnc3c(C(=O)NCCCN4CCc5ccccc5C4)cnn3c2C1. The van der Waals surface area contributed by atoms with Gasteiger partial charge in [-0.2, -0.15) is 5.10 Å². The number of hydrogen-bond acceptors (Lipinski definition) is 5. The van der Waals surface area contributed by atoms with Gasteiger partial charge in [0.25, 0.3) is 5.91 Å². The molecule has 0 saturated carbocycles. The first kappa shape index (κ1) is 20.8. The first-order chi connectivity index (χ1) is 15.4. The number of hydrogen-bond donors (Lipinski definition) is 1. The first-order valence-corrected chi connectivity index (χ1v) is 11.4. The maximum absolute atomic E-state index is 12.8. The van der Waals surface area contributed by atoms with Crippen molar-refractivity contribution >= 4 is 17.3 Å². The van der Waals surface area contributed by atoms with Gasteiger partial charge in [0.15, 0.2) is 11.4 Å². The highest BCUT2D eigenvalue weighted by Crippen LogP contribution is 2.34. The lowest BCUT2D eigenvalue weighted by molar-refractivity contribution is 0.0907. The van der Waals surface area contributed by atoms with Crippen molar-refractivity contribution in [1.29, 1.82) is 0 Å². The van der Waals surface area contributed by atoms with Gasteiger partial charge in [-0.3, -0.25) is 14.5 Å². The van der Waals surface area contributed by atoms with Crippen molar-refractivity contribution in [2.45, 2.75) is 46.1 Å². The standard InChI is InChI=1S/C25H29N5O2/c1-25(2)12-21-19(22(31)13-25)14-27-23-20(15-28-30(21)23)24(32)26-9-5-10-29-11-8-17-6-3-4-7-18(17)16-29/h3-4,6-7,14-15H,5,8-13,16H2,1-2H3,(H,26,32). The average Bonchev–Trinajstić information content (AvgIpc) is 3.20. The summed E-state index contributed by atoms with van der Waals surface area (Å²) < 4.78 is 1.67. The number of amides is 1. The molecule has 7 heteroatoms. The van der Waals surface area contributed by atoms with Gasteiger partial charge in [0, 0.05) is 38.8 Å². The molecule has 0 unspecified atom stereocenters. The van der Waals surface area contributed by atoms with Crippen molar-refractivity contribution in [2.24, 2.45) is 5.41 Å². The zero-order valence-corrected chi connectivity index (χ0v) is 18.7. The van der Waals surface area contributed by atoms with Gasteiger partial charge >= 0.3 is 0 Å². The first-order valence-electron chi connectivity index (χ1n) is 11.4. The molecule has 0 atom stereocenters. The number of rotatable bonds is 5. The third-order valence-electron chi connectivity index (χ3n) is 6.60. The Labute approximate surface area is 187 Å². The second-order valence-corrected chi connectivity index (χ2v) is 9.76. The fourth-order valence-corrected chi connectivity index (χ4v) is 4.93. The highest BCUT2D eigenvalue weighted by atomic mass is 16.1. The summed E-state index contributed by atoms with van der Waals surface area (Å²) in [6.07, 6.45) is 6.37. The molecule has 1 aromatic carbocycles. The van der Waals surface area contributed by atoms with Crippen molar-refractivity contribution < 1.29 is 9.59 Å². The molecule has 2 aromatic heterocycles. The van der Waals surface area contributed by atoms with Crippen LogP contribution in [0.3, 0.4) is 0 Å². The molecule has 3 heterocycles. The van der Waals surface area contributed by atoms with E-state index in [1.807, 2.05) is 0 Å². The number of nitrogens with zero attached hydrogens (tertiary/aromatic N) is 4. The highest BCUT2D eigenvalue weighted by Gasteiger charge is 2.33. The van der Waals surface area contributed by atoms with Crippen LogP contribution in [-0.4, -0.2) is 50.8 Å². The van der Waals surface area contributed by atoms with E-state index in [9.17, 15) is 9.59 Å². The number of benzene rings is 1. The van der Waals surface area contributed by atoms with Crippen LogP contribution in [0.25, 0.3) is 5.65 Å². The van der Waals surface area contributed by atoms with Crippen LogP contribution < -0.4 is 5.32 Å². The molecular formula is C25H29N5O2. The van der Waals surface area contributed by atoms with Gasteiger partial charge in [0.1, 0.15) is 5.56 Å². The zero-order chi connectivity index (χ0) is 22.3. The molecule has 166 valence electrons. The fraction of sp³-hybridized carbons (Fsp3) is 0.440. The molecule has 1 amide bonds. The van der Waals surface area contributed by atoms with Gasteiger partial charge in [-0.15, -0.1) is 0 Å². The second-order valence-electron chi connectivity index (χ2n) is 9.76. The highest BCUT2D eigenvalue weighted by molar-refractivity contribution is 6.01. The van der Waals surface area contributed by atoms with Crippen LogP contribution in [0.2, 0.25) is 0 Å². The number of ketones is 1. The van der Waals surface area contributed by atoms with E-state index in [4.69, 9.17) is 0 Å². The number of nitrogens with one attached hydrogen (secondary N) is 1. The second kappa shape index (κ2) is 8.13. The zero-order valence-electron chi connectivity index (χ0n) is 18.7. The molecule has 5 rings (SSSR count). The van der Waals surface area contributed by atoms with Gasteiger partial charge in [-0.1, -0.05) is 38.1 Å². The molecule has 2 aliphatic rings. The summed E-state index contributed by atoms with van der Waals surface area (Å²) in [5, 5.41) is 7.42. The Bertz CT molecular complexity index is 1200. The van der Waals surface area contributed by atoms with Gasteiger partial charge in [0.2, 0.25) is 0 Å². The fourth-order valence-electron chi connectivity index (χ4n) is 4.93. The Morgan fingerprint density at radius 1 is 1.16 bits per heavy atom. The van der Waals surface area contributed by atoms with Crippen LogP contribution in [0, 0.1) is 5.41 Å². The third kappa shape index (κ3) is 3.93. The van der Waals surface area contributed by atoms with Crippen molar-refractivity contribution in [1.82, 2.24) is 24.8 Å². The summed E-state index contributed by atoms with van der Waals surface area (Å²) >= 11 is 0. The quantitative estimate of drug-likeness (QED) is 0.628. The van der Waals surface area contributed by atoms with E-state index < -0.39 is 0 Å². The van der Waals surface area contributed by atoms with E-state index in [2.05, 4.69) is 58.4 Å². The topological polar surface area (TPSA) is 79.6 Å². The van der Waals surface area contributed by atoms with Crippen LogP contribution >= 0.6 is 0 Å². The van der Waals surface area contributed by atoms with Crippen molar-refractivity contribution in [3.8, 4) is 0 Å². The largest absolute Gasteiger partial charge is 0.352 e. The van der Waals surface area contributed by atoms with E-state index in [1.54, 1.807) is 16.9 Å². The molecule has 0 spiro atoms. The normalized spacial score (nSPS) is 17.8. The monoisotopic (exact) mass is 431 g/mol. The maximum atomic E-state index is 12.8. The molecule has 0 bridgehead atoms. The summed E-state index contributed by atoms with van der Waals surface area (Å²) in [5.74, 6) is -0.0784. The van der Waals surface area contributed by atoms with Crippen LogP contribution in [0.4, 0.5) is 0 Å². The van der Waals surface area contributed by atoms with E-state index in [0.717, 1.165) is 44.6 Å². The van der Waals surface area contributed by atoms with Gasteiger partial charge in [-0.25, -0.2) is 9.50 Å². The third-order valence-corrected chi connectivity index (χ3v) is 6.60. The lowest BCUT2D eigenvalue weighted by atomic mass is 9.76. The number of Topliss-reactive ketones (excluding diaryl/α,β-unsaturated/α-hetero) is 1.